The number of carbonyl (C=O) groups excluding carboxylic acids is 1. The summed E-state index contributed by atoms with van der Waals surface area (Å²) in [6, 6.07) is 8.13. The van der Waals surface area contributed by atoms with Gasteiger partial charge in [0.1, 0.15) is 6.54 Å². The Morgan fingerprint density at radius 3 is 3.00 bits per heavy atom. The van der Waals surface area contributed by atoms with Gasteiger partial charge in [-0.1, -0.05) is 18.2 Å². The molecule has 1 aliphatic rings. The van der Waals surface area contributed by atoms with Crippen LogP contribution in [-0.2, 0) is 16.0 Å². The summed E-state index contributed by atoms with van der Waals surface area (Å²) < 4.78 is 0. The van der Waals surface area contributed by atoms with E-state index in [1.54, 1.807) is 0 Å². The number of nitrogens with zero attached hydrogens (tertiary/aromatic N) is 1. The van der Waals surface area contributed by atoms with Crippen LogP contribution < -0.4 is 5.32 Å². The molecular formula is C15H17N3O3. The quantitative estimate of drug-likeness (QED) is 0.768. The van der Waals surface area contributed by atoms with E-state index in [4.69, 9.17) is 5.11 Å². The summed E-state index contributed by atoms with van der Waals surface area (Å²) in [5.41, 5.74) is 2.26. The van der Waals surface area contributed by atoms with Gasteiger partial charge in [-0.3, -0.25) is 9.59 Å². The molecule has 3 rings (SSSR count). The van der Waals surface area contributed by atoms with E-state index in [1.165, 1.54) is 15.8 Å². The van der Waals surface area contributed by atoms with E-state index in [1.807, 2.05) is 24.4 Å². The van der Waals surface area contributed by atoms with E-state index in [-0.39, 0.29) is 25.0 Å². The topological polar surface area (TPSA) is 85.4 Å². The van der Waals surface area contributed by atoms with Gasteiger partial charge in [0.2, 0.25) is 5.91 Å². The second kappa shape index (κ2) is 5.57. The lowest BCUT2D eigenvalue weighted by Gasteiger charge is -2.32. The number of aromatic amines is 1. The summed E-state index contributed by atoms with van der Waals surface area (Å²) in [4.78, 5) is 27.1. The summed E-state index contributed by atoms with van der Waals surface area (Å²) in [5, 5.41) is 13.2. The van der Waals surface area contributed by atoms with Gasteiger partial charge in [0.15, 0.2) is 0 Å². The first-order valence-corrected chi connectivity index (χ1v) is 6.91. The number of amides is 1. The van der Waals surface area contributed by atoms with Crippen LogP contribution in [0.3, 0.4) is 0 Å². The second-order valence-electron chi connectivity index (χ2n) is 5.31. The number of fused-ring (bicyclic) bond motifs is 1. The van der Waals surface area contributed by atoms with Crippen molar-refractivity contribution in [2.24, 2.45) is 0 Å². The summed E-state index contributed by atoms with van der Waals surface area (Å²) in [7, 11) is 0. The number of nitrogens with one attached hydrogen (secondary N) is 2. The molecule has 6 heteroatoms. The Hall–Kier alpha value is -2.34. The number of benzene rings is 1. The molecule has 1 atom stereocenters. The highest BCUT2D eigenvalue weighted by molar-refractivity contribution is 5.84. The van der Waals surface area contributed by atoms with Crippen LogP contribution in [0.5, 0.6) is 0 Å². The van der Waals surface area contributed by atoms with Crippen molar-refractivity contribution in [3.05, 3.63) is 36.0 Å². The number of para-hydroxylation sites is 1. The van der Waals surface area contributed by atoms with Crippen molar-refractivity contribution < 1.29 is 14.7 Å². The Kier molecular flexibility index (Phi) is 3.62. The van der Waals surface area contributed by atoms with Crippen molar-refractivity contribution in [1.29, 1.82) is 0 Å². The van der Waals surface area contributed by atoms with Crippen molar-refractivity contribution in [1.82, 2.24) is 15.2 Å². The predicted molar refractivity (Wildman–Crippen MR) is 78.0 cm³/mol. The summed E-state index contributed by atoms with van der Waals surface area (Å²) >= 11 is 0. The average Bonchev–Trinajstić information content (AvgIpc) is 2.85. The fourth-order valence-electron chi connectivity index (χ4n) is 2.79. The van der Waals surface area contributed by atoms with Crippen molar-refractivity contribution in [2.75, 3.05) is 19.6 Å². The van der Waals surface area contributed by atoms with Crippen LogP contribution in [-0.4, -0.2) is 52.5 Å². The second-order valence-corrected chi connectivity index (χ2v) is 5.31. The lowest BCUT2D eigenvalue weighted by Crippen LogP contribution is -2.55. The van der Waals surface area contributed by atoms with Crippen LogP contribution in [0.2, 0.25) is 0 Å². The SMILES string of the molecule is O=C(O)CN1C[C@@H](Cc2c[nH]c3ccccc23)NCC1=O. The molecule has 0 aliphatic carbocycles. The molecule has 0 saturated carbocycles. The highest BCUT2D eigenvalue weighted by atomic mass is 16.4. The first-order chi connectivity index (χ1) is 10.1. The number of carboxylic acids is 1. The maximum Gasteiger partial charge on any atom is 0.323 e. The van der Waals surface area contributed by atoms with Crippen LogP contribution >= 0.6 is 0 Å². The third kappa shape index (κ3) is 2.90. The molecule has 2 heterocycles. The molecule has 1 aromatic carbocycles. The largest absolute Gasteiger partial charge is 0.480 e. The normalized spacial score (nSPS) is 19.1. The minimum Gasteiger partial charge on any atom is -0.480 e. The minimum atomic E-state index is -0.976. The standard InChI is InChI=1S/C15H17N3O3/c19-14-7-16-11(8-18(14)9-15(20)21)5-10-6-17-13-4-2-1-3-12(10)13/h1-4,6,11,16-17H,5,7-9H2,(H,20,21)/t11-/m1/s1. The lowest BCUT2D eigenvalue weighted by atomic mass is 10.0. The van der Waals surface area contributed by atoms with Crippen molar-refractivity contribution in [2.45, 2.75) is 12.5 Å². The Morgan fingerprint density at radius 2 is 2.19 bits per heavy atom. The fraction of sp³-hybridized carbons (Fsp3) is 0.333. The number of hydrogen-bond acceptors (Lipinski definition) is 3. The van der Waals surface area contributed by atoms with Gasteiger partial charge in [-0.05, 0) is 18.1 Å². The molecule has 0 radical (unpaired) electrons. The Balaban J connectivity index is 1.73. The van der Waals surface area contributed by atoms with Crippen LogP contribution in [0.4, 0.5) is 0 Å². The van der Waals surface area contributed by atoms with E-state index in [2.05, 4.69) is 16.4 Å². The molecule has 1 aliphatic heterocycles. The number of aromatic nitrogens is 1. The Bertz CT molecular complexity index is 680. The first kappa shape index (κ1) is 13.6. The van der Waals surface area contributed by atoms with E-state index < -0.39 is 5.97 Å². The molecule has 0 bridgehead atoms. The smallest absolute Gasteiger partial charge is 0.323 e. The molecule has 110 valence electrons. The van der Waals surface area contributed by atoms with Crippen LogP contribution in [0.1, 0.15) is 5.56 Å². The maximum absolute atomic E-state index is 11.7. The number of carboxylic acid groups (broad SMARTS) is 1. The van der Waals surface area contributed by atoms with Gasteiger partial charge >= 0.3 is 5.97 Å². The summed E-state index contributed by atoms with van der Waals surface area (Å²) in [6.45, 7) is 0.385. The number of rotatable bonds is 4. The third-order valence-corrected chi connectivity index (χ3v) is 3.80. The van der Waals surface area contributed by atoms with Crippen LogP contribution in [0.25, 0.3) is 10.9 Å². The number of carbonyl (C=O) groups is 2. The molecule has 1 fully saturated rings. The summed E-state index contributed by atoms with van der Waals surface area (Å²) in [6.07, 6.45) is 2.73. The van der Waals surface area contributed by atoms with Gasteiger partial charge in [-0.15, -0.1) is 0 Å². The molecule has 0 unspecified atom stereocenters. The highest BCUT2D eigenvalue weighted by Crippen LogP contribution is 2.19. The van der Waals surface area contributed by atoms with Crippen LogP contribution in [0, 0.1) is 0 Å². The molecule has 1 saturated heterocycles. The van der Waals surface area contributed by atoms with Crippen molar-refractivity contribution in [3.8, 4) is 0 Å². The Morgan fingerprint density at radius 1 is 1.38 bits per heavy atom. The molecule has 3 N–H and O–H groups in total. The van der Waals surface area contributed by atoms with E-state index in [9.17, 15) is 9.59 Å². The average molecular weight is 287 g/mol. The fourth-order valence-corrected chi connectivity index (χ4v) is 2.79. The zero-order valence-corrected chi connectivity index (χ0v) is 11.5. The zero-order valence-electron chi connectivity index (χ0n) is 11.5. The zero-order chi connectivity index (χ0) is 14.8. The summed E-state index contributed by atoms with van der Waals surface area (Å²) in [5.74, 6) is -1.14. The van der Waals surface area contributed by atoms with Crippen molar-refractivity contribution >= 4 is 22.8 Å². The Labute approximate surface area is 121 Å². The number of hydrogen-bond donors (Lipinski definition) is 3. The van der Waals surface area contributed by atoms with Gasteiger partial charge in [0, 0.05) is 29.7 Å². The van der Waals surface area contributed by atoms with Crippen LogP contribution in [0.15, 0.2) is 30.5 Å². The molecule has 0 spiro atoms. The third-order valence-electron chi connectivity index (χ3n) is 3.80. The van der Waals surface area contributed by atoms with E-state index in [0.717, 1.165) is 11.9 Å². The molecular weight excluding hydrogens is 270 g/mol. The highest BCUT2D eigenvalue weighted by Gasteiger charge is 2.27. The molecule has 1 amide bonds. The van der Waals surface area contributed by atoms with Gasteiger partial charge in [-0.2, -0.15) is 0 Å². The van der Waals surface area contributed by atoms with E-state index >= 15 is 0 Å². The van der Waals surface area contributed by atoms with Gasteiger partial charge in [-0.25, -0.2) is 0 Å². The lowest BCUT2D eigenvalue weighted by molar-refractivity contribution is -0.145. The van der Waals surface area contributed by atoms with E-state index in [0.29, 0.717) is 6.54 Å². The first-order valence-electron chi connectivity index (χ1n) is 6.91. The minimum absolute atomic E-state index is 0.0706. The monoisotopic (exact) mass is 287 g/mol. The van der Waals surface area contributed by atoms with Crippen molar-refractivity contribution in [3.63, 3.8) is 0 Å². The van der Waals surface area contributed by atoms with Gasteiger partial charge in [0.25, 0.3) is 0 Å². The molecule has 6 nitrogen and oxygen atoms in total. The molecule has 2 aromatic rings. The van der Waals surface area contributed by atoms with Gasteiger partial charge in [0.05, 0.1) is 6.54 Å². The maximum atomic E-state index is 11.7. The predicted octanol–water partition coefficient (Wildman–Crippen LogP) is 0.595. The number of H-pyrrole nitrogens is 1. The molecule has 21 heavy (non-hydrogen) atoms. The molecule has 1 aromatic heterocycles. The number of aliphatic carboxylic acids is 1. The number of piperazine rings is 1. The van der Waals surface area contributed by atoms with Gasteiger partial charge < -0.3 is 20.3 Å².